The molecule has 0 aromatic carbocycles. The van der Waals surface area contributed by atoms with E-state index in [1.54, 1.807) is 11.5 Å². The van der Waals surface area contributed by atoms with Crippen LogP contribution in [0.1, 0.15) is 49.2 Å². The monoisotopic (exact) mass is 317 g/mol. The lowest BCUT2D eigenvalue weighted by Crippen LogP contribution is -2.36. The summed E-state index contributed by atoms with van der Waals surface area (Å²) in [5.74, 6) is 0.686. The molecule has 23 heavy (non-hydrogen) atoms. The second-order valence-electron chi connectivity index (χ2n) is 6.66. The molecule has 0 atom stereocenters. The zero-order chi connectivity index (χ0) is 16.6. The van der Waals surface area contributed by atoms with Gasteiger partial charge >= 0.3 is 0 Å². The van der Waals surface area contributed by atoms with E-state index in [9.17, 15) is 9.59 Å². The molecular weight excluding hydrogens is 294 g/mol. The summed E-state index contributed by atoms with van der Waals surface area (Å²) in [6.07, 6.45) is 4.67. The minimum absolute atomic E-state index is 0.109. The Balaban J connectivity index is 2.10. The minimum Gasteiger partial charge on any atom is -0.442 e. The van der Waals surface area contributed by atoms with E-state index in [-0.39, 0.29) is 17.2 Å². The number of amides is 1. The third kappa shape index (κ3) is 2.90. The molecule has 1 fully saturated rings. The number of nitrogens with zero attached hydrogens (tertiary/aromatic N) is 3. The fourth-order valence-corrected chi connectivity index (χ4v) is 3.17. The van der Waals surface area contributed by atoms with E-state index < -0.39 is 0 Å². The van der Waals surface area contributed by atoms with Gasteiger partial charge in [-0.25, -0.2) is 4.98 Å². The quantitative estimate of drug-likeness (QED) is 0.872. The van der Waals surface area contributed by atoms with Crippen LogP contribution < -0.4 is 5.56 Å². The van der Waals surface area contributed by atoms with Crippen molar-refractivity contribution in [1.82, 2.24) is 14.5 Å². The average Bonchev–Trinajstić information content (AvgIpc) is 2.87. The molecule has 0 saturated carbocycles. The molecule has 6 nitrogen and oxygen atoms in total. The van der Waals surface area contributed by atoms with Gasteiger partial charge in [0.1, 0.15) is 17.5 Å². The fourth-order valence-electron chi connectivity index (χ4n) is 3.17. The lowest BCUT2D eigenvalue weighted by Gasteiger charge is -2.26. The number of hydrogen-bond donors (Lipinski definition) is 0. The molecule has 1 aliphatic heterocycles. The number of piperidine rings is 1. The Labute approximate surface area is 135 Å². The van der Waals surface area contributed by atoms with E-state index in [0.717, 1.165) is 32.4 Å². The van der Waals surface area contributed by atoms with E-state index in [1.165, 1.54) is 6.33 Å². The number of furan rings is 1. The molecule has 0 radical (unpaired) electrons. The van der Waals surface area contributed by atoms with Gasteiger partial charge in [-0.1, -0.05) is 13.8 Å². The zero-order valence-corrected chi connectivity index (χ0v) is 14.0. The van der Waals surface area contributed by atoms with Crippen molar-refractivity contribution in [1.29, 1.82) is 0 Å². The van der Waals surface area contributed by atoms with Gasteiger partial charge in [0.2, 0.25) is 5.71 Å². The predicted octanol–water partition coefficient (Wildman–Crippen LogP) is 2.58. The highest BCUT2D eigenvalue weighted by molar-refractivity contribution is 6.06. The van der Waals surface area contributed by atoms with Gasteiger partial charge in [0.05, 0.1) is 5.56 Å². The first-order valence-electron chi connectivity index (χ1n) is 8.27. The summed E-state index contributed by atoms with van der Waals surface area (Å²) in [7, 11) is 0. The lowest BCUT2D eigenvalue weighted by molar-refractivity contribution is 0.0724. The van der Waals surface area contributed by atoms with Crippen molar-refractivity contribution < 1.29 is 9.21 Å². The first kappa shape index (κ1) is 15.8. The van der Waals surface area contributed by atoms with Crippen molar-refractivity contribution in [3.8, 4) is 0 Å². The predicted molar refractivity (Wildman–Crippen MR) is 87.6 cm³/mol. The average molecular weight is 317 g/mol. The van der Waals surface area contributed by atoms with Gasteiger partial charge in [-0.2, -0.15) is 0 Å². The molecule has 0 unspecified atom stereocenters. The van der Waals surface area contributed by atoms with Crippen molar-refractivity contribution in [2.45, 2.75) is 46.6 Å². The highest BCUT2D eigenvalue weighted by Gasteiger charge is 2.27. The second-order valence-corrected chi connectivity index (χ2v) is 6.66. The molecule has 0 N–H and O–H groups in total. The normalized spacial score (nSPS) is 15.6. The summed E-state index contributed by atoms with van der Waals surface area (Å²) in [6.45, 7) is 7.86. The Morgan fingerprint density at radius 3 is 2.65 bits per heavy atom. The summed E-state index contributed by atoms with van der Waals surface area (Å²) >= 11 is 0. The minimum atomic E-state index is -0.194. The number of hydrogen-bond acceptors (Lipinski definition) is 4. The van der Waals surface area contributed by atoms with E-state index in [1.807, 2.05) is 18.7 Å². The topological polar surface area (TPSA) is 68.3 Å². The maximum atomic E-state index is 12.9. The number of likely N-dealkylation sites (tertiary alicyclic amines) is 1. The Bertz CT molecular complexity index is 782. The Morgan fingerprint density at radius 2 is 2.00 bits per heavy atom. The van der Waals surface area contributed by atoms with E-state index in [4.69, 9.17) is 4.42 Å². The van der Waals surface area contributed by atoms with Crippen molar-refractivity contribution in [2.75, 3.05) is 13.1 Å². The molecule has 2 aromatic heterocycles. The maximum absolute atomic E-state index is 12.9. The summed E-state index contributed by atoms with van der Waals surface area (Å²) in [6, 6.07) is 0. The fraction of sp³-hybridized carbons (Fsp3) is 0.588. The summed E-state index contributed by atoms with van der Waals surface area (Å²) in [5.41, 5.74) is 0.450. The van der Waals surface area contributed by atoms with Crippen LogP contribution in [-0.2, 0) is 6.54 Å². The second kappa shape index (κ2) is 6.18. The van der Waals surface area contributed by atoms with Crippen LogP contribution in [-0.4, -0.2) is 33.4 Å². The molecule has 0 aliphatic carbocycles. The number of carbonyl (C=O) groups is 1. The van der Waals surface area contributed by atoms with Crippen LogP contribution in [0.4, 0.5) is 0 Å². The highest BCUT2D eigenvalue weighted by Crippen LogP contribution is 2.24. The molecule has 0 spiro atoms. The highest BCUT2D eigenvalue weighted by atomic mass is 16.3. The smallest absolute Gasteiger partial charge is 0.265 e. The Kier molecular flexibility index (Phi) is 4.24. The van der Waals surface area contributed by atoms with Crippen LogP contribution in [0.5, 0.6) is 0 Å². The molecular formula is C17H23N3O3. The molecule has 0 bridgehead atoms. The zero-order valence-electron chi connectivity index (χ0n) is 14.0. The van der Waals surface area contributed by atoms with E-state index >= 15 is 0 Å². The van der Waals surface area contributed by atoms with Crippen molar-refractivity contribution in [2.24, 2.45) is 5.92 Å². The molecule has 6 heteroatoms. The Hall–Kier alpha value is -2.11. The maximum Gasteiger partial charge on any atom is 0.265 e. The third-order valence-corrected chi connectivity index (χ3v) is 4.27. The van der Waals surface area contributed by atoms with Gasteiger partial charge in [-0.15, -0.1) is 0 Å². The largest absolute Gasteiger partial charge is 0.442 e. The lowest BCUT2D eigenvalue weighted by atomic mass is 10.1. The molecule has 124 valence electrons. The van der Waals surface area contributed by atoms with Gasteiger partial charge in [-0.05, 0) is 32.1 Å². The SMILES string of the molecule is Cc1oc2ncn(CC(C)C)c(=O)c2c1C(=O)N1CCCCC1. The van der Waals surface area contributed by atoms with Crippen LogP contribution in [0.25, 0.3) is 11.1 Å². The summed E-state index contributed by atoms with van der Waals surface area (Å²) in [5, 5.41) is 0.321. The van der Waals surface area contributed by atoms with Gasteiger partial charge in [0.25, 0.3) is 11.5 Å². The third-order valence-electron chi connectivity index (χ3n) is 4.27. The molecule has 1 saturated heterocycles. The van der Waals surface area contributed by atoms with Crippen LogP contribution in [0.15, 0.2) is 15.5 Å². The van der Waals surface area contributed by atoms with Crippen LogP contribution in [0, 0.1) is 12.8 Å². The summed E-state index contributed by atoms with van der Waals surface area (Å²) in [4.78, 5) is 31.7. The van der Waals surface area contributed by atoms with Gasteiger partial charge in [-0.3, -0.25) is 14.2 Å². The first-order chi connectivity index (χ1) is 11.0. The van der Waals surface area contributed by atoms with Crippen molar-refractivity contribution in [3.63, 3.8) is 0 Å². The van der Waals surface area contributed by atoms with E-state index in [0.29, 0.717) is 29.2 Å². The van der Waals surface area contributed by atoms with Crippen molar-refractivity contribution >= 4 is 17.0 Å². The first-order valence-corrected chi connectivity index (χ1v) is 8.27. The van der Waals surface area contributed by atoms with Crippen LogP contribution >= 0.6 is 0 Å². The standard InChI is InChI=1S/C17H23N3O3/c1-11(2)9-20-10-18-15-14(17(20)22)13(12(3)23-15)16(21)19-7-5-4-6-8-19/h10-11H,4-9H2,1-3H3. The number of fused-ring (bicyclic) bond motifs is 1. The number of aryl methyl sites for hydroxylation is 1. The van der Waals surface area contributed by atoms with Crippen LogP contribution in [0.2, 0.25) is 0 Å². The van der Waals surface area contributed by atoms with Gasteiger partial charge in [0.15, 0.2) is 0 Å². The molecule has 1 aliphatic rings. The molecule has 1 amide bonds. The van der Waals surface area contributed by atoms with Crippen LogP contribution in [0.3, 0.4) is 0 Å². The number of carbonyl (C=O) groups excluding carboxylic acids is 1. The van der Waals surface area contributed by atoms with E-state index in [2.05, 4.69) is 4.98 Å². The van der Waals surface area contributed by atoms with Gasteiger partial charge in [0, 0.05) is 19.6 Å². The molecule has 3 heterocycles. The number of rotatable bonds is 3. The molecule has 2 aromatic rings. The Morgan fingerprint density at radius 1 is 1.30 bits per heavy atom. The van der Waals surface area contributed by atoms with Crippen molar-refractivity contribution in [3.05, 3.63) is 28.0 Å². The molecule has 3 rings (SSSR count). The summed E-state index contributed by atoms with van der Waals surface area (Å²) < 4.78 is 7.14. The number of aromatic nitrogens is 2. The van der Waals surface area contributed by atoms with Gasteiger partial charge < -0.3 is 9.32 Å².